The molecule has 3 heterocycles. The van der Waals surface area contributed by atoms with E-state index in [4.69, 9.17) is 16.7 Å². The Balaban J connectivity index is 1.51. The van der Waals surface area contributed by atoms with Crippen molar-refractivity contribution < 1.29 is 14.7 Å². The van der Waals surface area contributed by atoms with Crippen LogP contribution in [0, 0.1) is 5.92 Å². The lowest BCUT2D eigenvalue weighted by Crippen LogP contribution is -2.40. The summed E-state index contributed by atoms with van der Waals surface area (Å²) >= 11 is 6.43. The Bertz CT molecular complexity index is 962. The van der Waals surface area contributed by atoms with Gasteiger partial charge in [0.15, 0.2) is 0 Å². The van der Waals surface area contributed by atoms with Gasteiger partial charge in [-0.2, -0.15) is 5.10 Å². The highest BCUT2D eigenvalue weighted by Crippen LogP contribution is 2.33. The van der Waals surface area contributed by atoms with Gasteiger partial charge in [-0.25, -0.2) is 9.78 Å². The third-order valence-corrected chi connectivity index (χ3v) is 6.13. The topological polar surface area (TPSA) is 112 Å². The quantitative estimate of drug-likeness (QED) is 0.684. The molecule has 1 aliphatic heterocycles. The number of likely N-dealkylation sites (N-methyl/N-ethyl adjacent to an activating group) is 1. The standard InChI is InChI=1S/C20H25ClN6O3/c1-26-5-6-27-17(11-26)15(9-23-27)14-8-18(22-10-16(14)21)25-19(28)12-3-2-4-13(7-12)24-20(29)30/h8-10,12-13,24H,2-7,11H2,1H3,(H,29,30)(H,22,25,28)/t12-,13+/m0/s1. The number of hydrogen-bond donors (Lipinski definition) is 3. The molecule has 9 nitrogen and oxygen atoms in total. The van der Waals surface area contributed by atoms with Crippen molar-refractivity contribution in [3.8, 4) is 11.1 Å². The molecule has 4 rings (SSSR count). The number of carbonyl (C=O) groups excluding carboxylic acids is 1. The van der Waals surface area contributed by atoms with Crippen LogP contribution in [-0.2, 0) is 17.9 Å². The van der Waals surface area contributed by atoms with Crippen LogP contribution in [0.15, 0.2) is 18.5 Å². The van der Waals surface area contributed by atoms with Gasteiger partial charge in [0.05, 0.1) is 23.5 Å². The normalized spacial score (nSPS) is 21.7. The van der Waals surface area contributed by atoms with E-state index < -0.39 is 6.09 Å². The third kappa shape index (κ3) is 4.41. The number of anilines is 1. The summed E-state index contributed by atoms with van der Waals surface area (Å²) in [6.07, 6.45) is 5.07. The molecule has 160 valence electrons. The van der Waals surface area contributed by atoms with E-state index in [9.17, 15) is 9.59 Å². The van der Waals surface area contributed by atoms with Gasteiger partial charge < -0.3 is 15.7 Å². The first-order valence-corrected chi connectivity index (χ1v) is 10.5. The number of hydrogen-bond acceptors (Lipinski definition) is 5. The highest BCUT2D eigenvalue weighted by atomic mass is 35.5. The number of halogens is 1. The minimum Gasteiger partial charge on any atom is -0.465 e. The fourth-order valence-corrected chi connectivity index (χ4v) is 4.48. The molecule has 2 atom stereocenters. The predicted octanol–water partition coefficient (Wildman–Crippen LogP) is 2.81. The van der Waals surface area contributed by atoms with E-state index in [0.29, 0.717) is 17.3 Å². The molecule has 10 heteroatoms. The number of carboxylic acid groups (broad SMARTS) is 1. The second kappa shape index (κ2) is 8.61. The second-order valence-corrected chi connectivity index (χ2v) is 8.42. The lowest BCUT2D eigenvalue weighted by Gasteiger charge is -2.28. The molecule has 2 aromatic rings. The maximum absolute atomic E-state index is 12.8. The Morgan fingerprint density at radius 3 is 2.87 bits per heavy atom. The molecule has 0 aromatic carbocycles. The summed E-state index contributed by atoms with van der Waals surface area (Å²) < 4.78 is 1.99. The minimum atomic E-state index is -1.06. The number of carbonyl (C=O) groups is 2. The average molecular weight is 433 g/mol. The summed E-state index contributed by atoms with van der Waals surface area (Å²) in [5.74, 6) is 0.0235. The molecule has 1 fully saturated rings. The Morgan fingerprint density at radius 1 is 1.23 bits per heavy atom. The van der Waals surface area contributed by atoms with Gasteiger partial charge in [0.25, 0.3) is 0 Å². The molecule has 1 saturated carbocycles. The first-order valence-electron chi connectivity index (χ1n) is 10.1. The highest BCUT2D eigenvalue weighted by molar-refractivity contribution is 6.33. The summed E-state index contributed by atoms with van der Waals surface area (Å²) in [6.45, 7) is 2.54. The van der Waals surface area contributed by atoms with Crippen LogP contribution in [0.2, 0.25) is 5.02 Å². The molecule has 0 spiro atoms. The summed E-state index contributed by atoms with van der Waals surface area (Å²) in [6, 6.07) is 1.58. The lowest BCUT2D eigenvalue weighted by atomic mass is 9.85. The van der Waals surface area contributed by atoms with Crippen LogP contribution >= 0.6 is 11.6 Å². The largest absolute Gasteiger partial charge is 0.465 e. The monoisotopic (exact) mass is 432 g/mol. The molecule has 0 radical (unpaired) electrons. The van der Waals surface area contributed by atoms with E-state index in [1.54, 1.807) is 12.3 Å². The van der Waals surface area contributed by atoms with E-state index in [0.717, 1.165) is 55.7 Å². The van der Waals surface area contributed by atoms with E-state index in [1.807, 2.05) is 10.9 Å². The molecular weight excluding hydrogens is 408 g/mol. The van der Waals surface area contributed by atoms with Gasteiger partial charge in [0, 0.05) is 42.4 Å². The van der Waals surface area contributed by atoms with Crippen LogP contribution in [0.3, 0.4) is 0 Å². The average Bonchev–Trinajstić information content (AvgIpc) is 3.12. The molecule has 2 amide bonds. The maximum Gasteiger partial charge on any atom is 0.404 e. The van der Waals surface area contributed by atoms with Gasteiger partial charge in [-0.1, -0.05) is 18.0 Å². The van der Waals surface area contributed by atoms with E-state index in [1.165, 1.54) is 0 Å². The van der Waals surface area contributed by atoms with Crippen molar-refractivity contribution in [3.63, 3.8) is 0 Å². The summed E-state index contributed by atoms with van der Waals surface area (Å²) in [4.78, 5) is 30.2. The number of aromatic nitrogens is 3. The van der Waals surface area contributed by atoms with Crippen molar-refractivity contribution in [3.05, 3.63) is 29.2 Å². The Kier molecular flexibility index (Phi) is 5.92. The number of nitrogens with zero attached hydrogens (tertiary/aromatic N) is 4. The maximum atomic E-state index is 12.8. The van der Waals surface area contributed by atoms with Crippen LogP contribution < -0.4 is 10.6 Å². The van der Waals surface area contributed by atoms with Crippen molar-refractivity contribution in [1.82, 2.24) is 25.0 Å². The predicted molar refractivity (Wildman–Crippen MR) is 112 cm³/mol. The molecule has 0 saturated heterocycles. The van der Waals surface area contributed by atoms with Crippen molar-refractivity contribution in [1.29, 1.82) is 0 Å². The van der Waals surface area contributed by atoms with E-state index in [2.05, 4.69) is 32.7 Å². The van der Waals surface area contributed by atoms with Crippen molar-refractivity contribution >= 4 is 29.4 Å². The van der Waals surface area contributed by atoms with Crippen LogP contribution in [0.25, 0.3) is 11.1 Å². The van der Waals surface area contributed by atoms with Gasteiger partial charge in [0.2, 0.25) is 5.91 Å². The molecule has 2 aromatic heterocycles. The summed E-state index contributed by atoms with van der Waals surface area (Å²) in [7, 11) is 2.07. The lowest BCUT2D eigenvalue weighted by molar-refractivity contribution is -0.121. The zero-order valence-electron chi connectivity index (χ0n) is 16.8. The van der Waals surface area contributed by atoms with Gasteiger partial charge in [-0.3, -0.25) is 14.4 Å². The van der Waals surface area contributed by atoms with E-state index in [-0.39, 0.29) is 17.9 Å². The number of amides is 2. The van der Waals surface area contributed by atoms with Crippen molar-refractivity contribution in [2.75, 3.05) is 18.9 Å². The molecule has 0 unspecified atom stereocenters. The Labute approximate surface area is 179 Å². The number of rotatable bonds is 4. The Morgan fingerprint density at radius 2 is 2.07 bits per heavy atom. The summed E-state index contributed by atoms with van der Waals surface area (Å²) in [5, 5.41) is 19.3. The van der Waals surface area contributed by atoms with Crippen molar-refractivity contribution in [2.45, 2.75) is 44.8 Å². The van der Waals surface area contributed by atoms with Gasteiger partial charge >= 0.3 is 6.09 Å². The minimum absolute atomic E-state index is 0.149. The number of pyridine rings is 1. The third-order valence-electron chi connectivity index (χ3n) is 5.83. The molecular formula is C20H25ClN6O3. The fourth-order valence-electron chi connectivity index (χ4n) is 4.27. The fraction of sp³-hybridized carbons (Fsp3) is 0.500. The van der Waals surface area contributed by atoms with Crippen LogP contribution in [0.5, 0.6) is 0 Å². The molecule has 3 N–H and O–H groups in total. The number of nitrogens with one attached hydrogen (secondary N) is 2. The Hall–Kier alpha value is -2.65. The van der Waals surface area contributed by atoms with Crippen LogP contribution in [-0.4, -0.2) is 56.4 Å². The van der Waals surface area contributed by atoms with Gasteiger partial charge in [-0.15, -0.1) is 0 Å². The van der Waals surface area contributed by atoms with Crippen LogP contribution in [0.1, 0.15) is 31.4 Å². The first-order chi connectivity index (χ1) is 14.4. The first kappa shape index (κ1) is 20.6. The SMILES string of the molecule is CN1CCn2ncc(-c3cc(NC(=O)[C@H]4CCC[C@@H](NC(=O)O)C4)ncc3Cl)c2C1. The molecule has 30 heavy (non-hydrogen) atoms. The smallest absolute Gasteiger partial charge is 0.404 e. The molecule has 0 bridgehead atoms. The van der Waals surface area contributed by atoms with Gasteiger partial charge in [-0.05, 0) is 32.4 Å². The molecule has 2 aliphatic rings. The molecule has 1 aliphatic carbocycles. The second-order valence-electron chi connectivity index (χ2n) is 8.01. The highest BCUT2D eigenvalue weighted by Gasteiger charge is 2.28. The van der Waals surface area contributed by atoms with E-state index >= 15 is 0 Å². The zero-order valence-corrected chi connectivity index (χ0v) is 17.5. The summed E-state index contributed by atoms with van der Waals surface area (Å²) in [5.41, 5.74) is 2.81. The van der Waals surface area contributed by atoms with Crippen LogP contribution in [0.4, 0.5) is 10.6 Å². The van der Waals surface area contributed by atoms with Crippen molar-refractivity contribution in [2.24, 2.45) is 5.92 Å². The zero-order chi connectivity index (χ0) is 21.3. The number of fused-ring (bicyclic) bond motifs is 1. The van der Waals surface area contributed by atoms with Gasteiger partial charge in [0.1, 0.15) is 5.82 Å².